The number of halogens is 3. The first-order chi connectivity index (χ1) is 13.4. The van der Waals surface area contributed by atoms with Gasteiger partial charge in [-0.05, 0) is 25.5 Å². The number of hydrogen-bond donors (Lipinski definition) is 2. The molecule has 6 nitrogen and oxygen atoms in total. The summed E-state index contributed by atoms with van der Waals surface area (Å²) < 4.78 is 37.7. The molecule has 0 fully saturated rings. The molecule has 0 aliphatic heterocycles. The molecule has 0 saturated carbocycles. The number of rotatable bonds is 8. The number of anilines is 1. The fourth-order valence-electron chi connectivity index (χ4n) is 2.51. The summed E-state index contributed by atoms with van der Waals surface area (Å²) in [6.07, 6.45) is -2.18. The zero-order chi connectivity index (χ0) is 20.6. The second-order valence-corrected chi connectivity index (χ2v) is 6.87. The third-order valence-electron chi connectivity index (χ3n) is 4.05. The zero-order valence-electron chi connectivity index (χ0n) is 16.2. The standard InChI is InChI=1S/C18H25F3N6S/c1-4-27(5-2)15-7-6-13(10-24-15)11-25-17(22-3)23-9-8-16-26-14(12-28-16)18(19,20)21/h6-7,10,12H,4-5,8-9,11H2,1-3H3,(H2,22,23,25). The summed E-state index contributed by atoms with van der Waals surface area (Å²) in [5.74, 6) is 1.51. The van der Waals surface area contributed by atoms with Gasteiger partial charge < -0.3 is 15.5 Å². The van der Waals surface area contributed by atoms with Crippen LogP contribution in [0.15, 0.2) is 28.7 Å². The third-order valence-corrected chi connectivity index (χ3v) is 4.96. The van der Waals surface area contributed by atoms with Crippen molar-refractivity contribution in [2.24, 2.45) is 4.99 Å². The molecule has 10 heteroatoms. The first kappa shape index (κ1) is 21.9. The molecule has 0 aliphatic rings. The largest absolute Gasteiger partial charge is 0.434 e. The molecule has 2 heterocycles. The minimum absolute atomic E-state index is 0.390. The summed E-state index contributed by atoms with van der Waals surface area (Å²) in [4.78, 5) is 14.4. The Morgan fingerprint density at radius 2 is 1.96 bits per heavy atom. The van der Waals surface area contributed by atoms with Gasteiger partial charge in [-0.25, -0.2) is 9.97 Å². The Bertz CT molecular complexity index is 753. The highest BCUT2D eigenvalue weighted by atomic mass is 32.1. The van der Waals surface area contributed by atoms with Crippen molar-refractivity contribution in [3.8, 4) is 0 Å². The number of aliphatic imine (C=N–C) groups is 1. The molecule has 0 aromatic carbocycles. The molecule has 2 N–H and O–H groups in total. The molecule has 0 atom stereocenters. The normalized spacial score (nSPS) is 12.1. The second-order valence-electron chi connectivity index (χ2n) is 5.92. The molecule has 0 bridgehead atoms. The van der Waals surface area contributed by atoms with Crippen molar-refractivity contribution < 1.29 is 13.2 Å². The van der Waals surface area contributed by atoms with Crippen LogP contribution >= 0.6 is 11.3 Å². The van der Waals surface area contributed by atoms with Gasteiger partial charge in [0.05, 0.1) is 5.01 Å². The molecule has 28 heavy (non-hydrogen) atoms. The van der Waals surface area contributed by atoms with Crippen LogP contribution in [-0.2, 0) is 19.1 Å². The lowest BCUT2D eigenvalue weighted by atomic mass is 10.2. The Morgan fingerprint density at radius 1 is 1.21 bits per heavy atom. The Kier molecular flexibility index (Phi) is 8.04. The van der Waals surface area contributed by atoms with E-state index in [4.69, 9.17) is 0 Å². The van der Waals surface area contributed by atoms with Crippen molar-refractivity contribution in [1.29, 1.82) is 0 Å². The minimum atomic E-state index is -4.39. The number of guanidine groups is 1. The maximum Gasteiger partial charge on any atom is 0.434 e. The topological polar surface area (TPSA) is 65.4 Å². The van der Waals surface area contributed by atoms with Crippen LogP contribution in [0.3, 0.4) is 0 Å². The van der Waals surface area contributed by atoms with Crippen LogP contribution < -0.4 is 15.5 Å². The van der Waals surface area contributed by atoms with Crippen LogP contribution in [0.2, 0.25) is 0 Å². The van der Waals surface area contributed by atoms with Gasteiger partial charge >= 0.3 is 6.18 Å². The van der Waals surface area contributed by atoms with E-state index in [0.29, 0.717) is 30.5 Å². The number of hydrogen-bond acceptors (Lipinski definition) is 5. The SMILES string of the molecule is CCN(CC)c1ccc(CNC(=NC)NCCc2nc(C(F)(F)F)cs2)cn1. The van der Waals surface area contributed by atoms with Gasteiger partial charge in [0, 0.05) is 51.2 Å². The average Bonchev–Trinajstić information content (AvgIpc) is 3.16. The van der Waals surface area contributed by atoms with E-state index in [1.807, 2.05) is 18.3 Å². The number of nitrogens with zero attached hydrogens (tertiary/aromatic N) is 4. The monoisotopic (exact) mass is 414 g/mol. The molecule has 0 aliphatic carbocycles. The molecule has 0 unspecified atom stereocenters. The highest BCUT2D eigenvalue weighted by molar-refractivity contribution is 7.09. The Balaban J connectivity index is 1.79. The lowest BCUT2D eigenvalue weighted by Crippen LogP contribution is -2.37. The maximum atomic E-state index is 12.6. The van der Waals surface area contributed by atoms with Gasteiger partial charge in [0.25, 0.3) is 0 Å². The number of pyridine rings is 1. The first-order valence-corrected chi connectivity index (χ1v) is 9.91. The van der Waals surface area contributed by atoms with Crippen LogP contribution in [0.25, 0.3) is 0 Å². The quantitative estimate of drug-likeness (QED) is 0.513. The van der Waals surface area contributed by atoms with Crippen LogP contribution in [0.1, 0.15) is 30.1 Å². The van der Waals surface area contributed by atoms with Gasteiger partial charge in [-0.3, -0.25) is 4.99 Å². The maximum absolute atomic E-state index is 12.6. The summed E-state index contributed by atoms with van der Waals surface area (Å²) in [6.45, 7) is 6.96. The van der Waals surface area contributed by atoms with Crippen molar-refractivity contribution in [2.75, 3.05) is 31.6 Å². The van der Waals surface area contributed by atoms with Crippen LogP contribution in [0, 0.1) is 0 Å². The third kappa shape index (κ3) is 6.36. The van der Waals surface area contributed by atoms with Gasteiger partial charge in [-0.15, -0.1) is 11.3 Å². The number of aromatic nitrogens is 2. The lowest BCUT2D eigenvalue weighted by Gasteiger charge is -2.19. The smallest absolute Gasteiger partial charge is 0.357 e. The zero-order valence-corrected chi connectivity index (χ0v) is 17.0. The highest BCUT2D eigenvalue weighted by Crippen LogP contribution is 2.29. The van der Waals surface area contributed by atoms with Crippen molar-refractivity contribution in [3.05, 3.63) is 40.0 Å². The second kappa shape index (κ2) is 10.3. The summed E-state index contributed by atoms with van der Waals surface area (Å²) in [5.41, 5.74) is 0.171. The molecule has 0 radical (unpaired) electrons. The Morgan fingerprint density at radius 3 is 2.50 bits per heavy atom. The molecule has 0 saturated heterocycles. The van der Waals surface area contributed by atoms with E-state index in [1.54, 1.807) is 7.05 Å². The van der Waals surface area contributed by atoms with Gasteiger partial charge in [0.2, 0.25) is 0 Å². The summed E-state index contributed by atoms with van der Waals surface area (Å²) in [6, 6.07) is 4.00. The predicted octanol–water partition coefficient (Wildman–Crippen LogP) is 3.31. The first-order valence-electron chi connectivity index (χ1n) is 9.03. The van der Waals surface area contributed by atoms with E-state index in [9.17, 15) is 13.2 Å². The average molecular weight is 415 g/mol. The molecule has 2 aromatic rings. The molecule has 154 valence electrons. The van der Waals surface area contributed by atoms with E-state index in [0.717, 1.165) is 41.2 Å². The Hall–Kier alpha value is -2.36. The van der Waals surface area contributed by atoms with E-state index >= 15 is 0 Å². The van der Waals surface area contributed by atoms with Crippen molar-refractivity contribution in [1.82, 2.24) is 20.6 Å². The summed E-state index contributed by atoms with van der Waals surface area (Å²) in [5, 5.41) is 7.72. The summed E-state index contributed by atoms with van der Waals surface area (Å²) in [7, 11) is 1.64. The van der Waals surface area contributed by atoms with Crippen LogP contribution in [0.4, 0.5) is 19.0 Å². The number of alkyl halides is 3. The molecule has 2 rings (SSSR count). The molecule has 0 amide bonds. The summed E-state index contributed by atoms with van der Waals surface area (Å²) >= 11 is 1.01. The van der Waals surface area contributed by atoms with Gasteiger partial charge in [0.1, 0.15) is 5.82 Å². The molecule has 2 aromatic heterocycles. The lowest BCUT2D eigenvalue weighted by molar-refractivity contribution is -0.140. The van der Waals surface area contributed by atoms with Crippen molar-refractivity contribution in [3.63, 3.8) is 0 Å². The van der Waals surface area contributed by atoms with E-state index in [-0.39, 0.29) is 0 Å². The fraction of sp³-hybridized carbons (Fsp3) is 0.500. The van der Waals surface area contributed by atoms with E-state index < -0.39 is 11.9 Å². The number of nitrogens with one attached hydrogen (secondary N) is 2. The van der Waals surface area contributed by atoms with Crippen LogP contribution in [-0.4, -0.2) is 42.6 Å². The molecular formula is C18H25F3N6S. The van der Waals surface area contributed by atoms with E-state index in [1.165, 1.54) is 0 Å². The predicted molar refractivity (Wildman–Crippen MR) is 107 cm³/mol. The fourth-order valence-corrected chi connectivity index (χ4v) is 3.31. The number of thiazole rings is 1. The van der Waals surface area contributed by atoms with Gasteiger partial charge in [-0.2, -0.15) is 13.2 Å². The van der Waals surface area contributed by atoms with Crippen molar-refractivity contribution >= 4 is 23.1 Å². The molecular weight excluding hydrogens is 389 g/mol. The van der Waals surface area contributed by atoms with Gasteiger partial charge in [0.15, 0.2) is 11.7 Å². The van der Waals surface area contributed by atoms with Crippen molar-refractivity contribution in [2.45, 2.75) is 33.0 Å². The Labute approximate surface area is 166 Å². The highest BCUT2D eigenvalue weighted by Gasteiger charge is 2.33. The molecule has 0 spiro atoms. The minimum Gasteiger partial charge on any atom is -0.357 e. The van der Waals surface area contributed by atoms with Crippen LogP contribution in [0.5, 0.6) is 0 Å². The van der Waals surface area contributed by atoms with E-state index in [2.05, 4.69) is 44.3 Å². The van der Waals surface area contributed by atoms with Gasteiger partial charge in [-0.1, -0.05) is 6.07 Å².